The molecule has 0 saturated carbocycles. The van der Waals surface area contributed by atoms with Gasteiger partial charge in [0.15, 0.2) is 17.5 Å². The smallest absolute Gasteiger partial charge is 0.395 e. The second-order valence-electron chi connectivity index (χ2n) is 8.21. The topological polar surface area (TPSA) is 101 Å². The van der Waals surface area contributed by atoms with Crippen molar-refractivity contribution < 1.29 is 23.0 Å². The van der Waals surface area contributed by atoms with Crippen molar-refractivity contribution in [2.75, 3.05) is 7.05 Å². The molecule has 2 aliphatic rings. The summed E-state index contributed by atoms with van der Waals surface area (Å²) in [5.74, 6) is -1.39. The molecule has 0 aliphatic carbocycles. The third kappa shape index (κ3) is 3.45. The average Bonchev–Trinajstić information content (AvgIpc) is 3.41. The number of halogens is 2. The minimum Gasteiger partial charge on any atom is -0.395 e. The Morgan fingerprint density at radius 1 is 1.15 bits per heavy atom. The van der Waals surface area contributed by atoms with Gasteiger partial charge in [-0.1, -0.05) is 18.2 Å². The van der Waals surface area contributed by atoms with Gasteiger partial charge in [-0.05, 0) is 59.3 Å². The molecule has 3 heterocycles. The number of nitrogens with two attached hydrogens (primary N) is 1. The number of hydrogen-bond donors (Lipinski definition) is 1. The Kier molecular flexibility index (Phi) is 4.84. The molecule has 0 fully saturated rings. The third-order valence-corrected chi connectivity index (χ3v) is 7.17. The number of ether oxygens (including phenoxy) is 2. The number of nitrogens with zero attached hydrogens (tertiary/aromatic N) is 3. The van der Waals surface area contributed by atoms with Gasteiger partial charge < -0.3 is 15.2 Å². The Labute approximate surface area is 197 Å². The maximum Gasteiger partial charge on any atom is 0.586 e. The molecule has 0 radical (unpaired) electrons. The lowest BCUT2D eigenvalue weighted by Gasteiger charge is -2.40. The Hall–Kier alpha value is -3.97. The first-order valence-corrected chi connectivity index (χ1v) is 11.1. The van der Waals surface area contributed by atoms with Gasteiger partial charge >= 0.3 is 6.29 Å². The summed E-state index contributed by atoms with van der Waals surface area (Å²) in [5.41, 5.74) is 7.66. The van der Waals surface area contributed by atoms with Gasteiger partial charge in [0.1, 0.15) is 5.54 Å². The Morgan fingerprint density at radius 3 is 2.68 bits per heavy atom. The molecule has 5 rings (SSSR count). The maximum absolute atomic E-state index is 13.6. The summed E-state index contributed by atoms with van der Waals surface area (Å²) in [7, 11) is 1.52. The highest BCUT2D eigenvalue weighted by molar-refractivity contribution is 7.10. The SMILES string of the molecule is CN1C(=O)C(c2ccc3c(c2)OC(F)(F)O3)[C@@](C)(c2cc(-c3cccc(C#N)c3)cs2)N=C1N. The van der Waals surface area contributed by atoms with E-state index in [1.165, 1.54) is 35.4 Å². The van der Waals surface area contributed by atoms with E-state index in [1.807, 2.05) is 17.5 Å². The van der Waals surface area contributed by atoms with E-state index in [1.54, 1.807) is 31.2 Å². The highest BCUT2D eigenvalue weighted by Gasteiger charge is 2.49. The van der Waals surface area contributed by atoms with Crippen LogP contribution >= 0.6 is 11.3 Å². The number of carbonyl (C=O) groups is 1. The Balaban J connectivity index is 1.61. The molecule has 1 aromatic heterocycles. The van der Waals surface area contributed by atoms with Crippen molar-refractivity contribution in [3.05, 3.63) is 69.9 Å². The fourth-order valence-corrected chi connectivity index (χ4v) is 5.31. The van der Waals surface area contributed by atoms with Crippen LogP contribution in [0.1, 0.15) is 28.8 Å². The molecule has 7 nitrogen and oxygen atoms in total. The number of alkyl halides is 2. The van der Waals surface area contributed by atoms with Gasteiger partial charge in [0.2, 0.25) is 5.91 Å². The van der Waals surface area contributed by atoms with Crippen molar-refractivity contribution in [3.8, 4) is 28.7 Å². The first-order chi connectivity index (χ1) is 16.1. The number of likely N-dealkylation sites (N-methyl/N-ethyl adjacent to an activating group) is 1. The van der Waals surface area contributed by atoms with Gasteiger partial charge in [-0.15, -0.1) is 20.1 Å². The number of thiophene rings is 1. The molecule has 2 aromatic carbocycles. The molecular weight excluding hydrogens is 462 g/mol. The highest BCUT2D eigenvalue weighted by Crippen LogP contribution is 2.49. The lowest BCUT2D eigenvalue weighted by molar-refractivity contribution is -0.286. The molecule has 172 valence electrons. The number of aliphatic imine (C=N–C) groups is 1. The van der Waals surface area contributed by atoms with Crippen LogP contribution in [0.3, 0.4) is 0 Å². The van der Waals surface area contributed by atoms with Crippen LogP contribution in [-0.2, 0) is 10.3 Å². The van der Waals surface area contributed by atoms with E-state index in [9.17, 15) is 18.8 Å². The number of fused-ring (bicyclic) bond motifs is 1. The average molecular weight is 480 g/mol. The van der Waals surface area contributed by atoms with Gasteiger partial charge in [0.05, 0.1) is 17.6 Å². The van der Waals surface area contributed by atoms with Crippen LogP contribution in [0.15, 0.2) is 58.9 Å². The van der Waals surface area contributed by atoms with Crippen LogP contribution in [-0.4, -0.2) is 30.1 Å². The first kappa shape index (κ1) is 21.9. The van der Waals surface area contributed by atoms with Gasteiger partial charge in [-0.25, -0.2) is 4.99 Å². The van der Waals surface area contributed by atoms with Crippen molar-refractivity contribution in [2.24, 2.45) is 10.7 Å². The summed E-state index contributed by atoms with van der Waals surface area (Å²) < 4.78 is 36.2. The quantitative estimate of drug-likeness (QED) is 0.599. The standard InChI is InChI=1S/C24H18F2N4O3S/c1-23(19-10-16(12-34-19)14-5-3-4-13(8-14)11-27)20(21(31)30(2)22(28)29-23)15-6-7-17-18(9-15)33-24(25,26)32-17/h3-10,12,20H,1-2H3,(H2,28,29)/t20?,23-/m1/s1. The van der Waals surface area contributed by atoms with Crippen molar-refractivity contribution in [1.82, 2.24) is 4.90 Å². The fraction of sp³-hybridized carbons (Fsp3) is 0.208. The zero-order valence-electron chi connectivity index (χ0n) is 18.1. The molecule has 2 aliphatic heterocycles. The lowest BCUT2D eigenvalue weighted by atomic mass is 9.77. The van der Waals surface area contributed by atoms with Crippen LogP contribution in [0.5, 0.6) is 11.5 Å². The zero-order chi connectivity index (χ0) is 24.3. The van der Waals surface area contributed by atoms with E-state index in [-0.39, 0.29) is 23.4 Å². The van der Waals surface area contributed by atoms with Gasteiger partial charge in [-0.2, -0.15) is 5.26 Å². The normalized spacial score (nSPS) is 22.9. The summed E-state index contributed by atoms with van der Waals surface area (Å²) in [6.07, 6.45) is -3.76. The summed E-state index contributed by atoms with van der Waals surface area (Å²) >= 11 is 1.40. The Bertz CT molecular complexity index is 1400. The van der Waals surface area contributed by atoms with E-state index in [4.69, 9.17) is 5.73 Å². The molecule has 1 amide bonds. The minimum absolute atomic E-state index is 0.0532. The van der Waals surface area contributed by atoms with Crippen molar-refractivity contribution in [2.45, 2.75) is 24.7 Å². The lowest BCUT2D eigenvalue weighted by Crippen LogP contribution is -2.52. The largest absolute Gasteiger partial charge is 0.586 e. The van der Waals surface area contributed by atoms with Gasteiger partial charge in [0, 0.05) is 11.9 Å². The maximum atomic E-state index is 13.6. The molecule has 34 heavy (non-hydrogen) atoms. The molecular formula is C24H18F2N4O3S. The van der Waals surface area contributed by atoms with Crippen LogP contribution in [0.25, 0.3) is 11.1 Å². The molecule has 1 unspecified atom stereocenters. The summed E-state index contributed by atoms with van der Waals surface area (Å²) in [5, 5.41) is 11.1. The van der Waals surface area contributed by atoms with Gasteiger partial charge in [-0.3, -0.25) is 9.69 Å². The number of carbonyl (C=O) groups excluding carboxylic acids is 1. The number of nitriles is 1. The molecule has 0 saturated heterocycles. The second-order valence-corrected chi connectivity index (χ2v) is 9.12. The van der Waals surface area contributed by atoms with Crippen molar-refractivity contribution in [1.29, 1.82) is 5.26 Å². The van der Waals surface area contributed by atoms with E-state index in [0.717, 1.165) is 16.0 Å². The molecule has 0 bridgehead atoms. The number of hydrogen-bond acceptors (Lipinski definition) is 7. The number of guanidine groups is 1. The van der Waals surface area contributed by atoms with Gasteiger partial charge in [0.25, 0.3) is 0 Å². The number of rotatable bonds is 3. The van der Waals surface area contributed by atoms with Crippen LogP contribution in [0.4, 0.5) is 8.78 Å². The van der Waals surface area contributed by atoms with Crippen molar-refractivity contribution in [3.63, 3.8) is 0 Å². The second kappa shape index (κ2) is 7.53. The molecule has 2 N–H and O–H groups in total. The zero-order valence-corrected chi connectivity index (χ0v) is 18.9. The predicted octanol–water partition coefficient (Wildman–Crippen LogP) is 4.39. The summed E-state index contributed by atoms with van der Waals surface area (Å²) in [4.78, 5) is 20.1. The fourth-order valence-electron chi connectivity index (χ4n) is 4.26. The molecule has 0 spiro atoms. The predicted molar refractivity (Wildman–Crippen MR) is 122 cm³/mol. The third-order valence-electron chi connectivity index (χ3n) is 6.01. The Morgan fingerprint density at radius 2 is 1.91 bits per heavy atom. The van der Waals surface area contributed by atoms with E-state index < -0.39 is 17.8 Å². The summed E-state index contributed by atoms with van der Waals surface area (Å²) in [6.45, 7) is 1.79. The first-order valence-electron chi connectivity index (χ1n) is 10.2. The minimum atomic E-state index is -3.76. The van der Waals surface area contributed by atoms with E-state index in [0.29, 0.717) is 11.1 Å². The van der Waals surface area contributed by atoms with Crippen LogP contribution in [0.2, 0.25) is 0 Å². The number of benzene rings is 2. The molecule has 3 aromatic rings. The van der Waals surface area contributed by atoms with E-state index >= 15 is 0 Å². The van der Waals surface area contributed by atoms with Crippen LogP contribution < -0.4 is 15.2 Å². The molecule has 2 atom stereocenters. The molecule has 10 heteroatoms. The van der Waals surface area contributed by atoms with Crippen molar-refractivity contribution >= 4 is 23.2 Å². The monoisotopic (exact) mass is 480 g/mol. The van der Waals surface area contributed by atoms with Crippen LogP contribution in [0, 0.1) is 11.3 Å². The number of amides is 1. The highest BCUT2D eigenvalue weighted by atomic mass is 32.1. The summed E-state index contributed by atoms with van der Waals surface area (Å²) in [6, 6.07) is 15.5. The van der Waals surface area contributed by atoms with E-state index in [2.05, 4.69) is 20.5 Å².